The van der Waals surface area contributed by atoms with Crippen molar-refractivity contribution in [3.63, 3.8) is 0 Å². The van der Waals surface area contributed by atoms with E-state index in [-0.39, 0.29) is 0 Å². The molecule has 0 unspecified atom stereocenters. The van der Waals surface area contributed by atoms with E-state index in [1.54, 1.807) is 11.3 Å². The van der Waals surface area contributed by atoms with Crippen LogP contribution in [0.25, 0.3) is 86.6 Å². The number of oxazole rings is 1. The van der Waals surface area contributed by atoms with Crippen LogP contribution in [-0.4, -0.2) is 14.1 Å². The van der Waals surface area contributed by atoms with Crippen LogP contribution in [0, 0.1) is 0 Å². The first kappa shape index (κ1) is 22.3. The molecular weight excluding hydrogens is 534 g/mol. The molecule has 4 heterocycles. The summed E-state index contributed by atoms with van der Waals surface area (Å²) in [7, 11) is 0. The minimum atomic E-state index is 0.582. The number of benzene rings is 6. The molecule has 6 aromatic carbocycles. The molecule has 0 radical (unpaired) electrons. The average Bonchev–Trinajstić information content (AvgIpc) is 3.79. The second kappa shape index (κ2) is 8.09. The van der Waals surface area contributed by atoms with Gasteiger partial charge in [-0.05, 0) is 48.5 Å². The van der Waals surface area contributed by atoms with Gasteiger partial charge < -0.3 is 8.98 Å². The van der Waals surface area contributed by atoms with Gasteiger partial charge in [-0.3, -0.25) is 4.57 Å². The lowest BCUT2D eigenvalue weighted by Crippen LogP contribution is -1.97. The molecule has 0 aliphatic carbocycles. The second-order valence-corrected chi connectivity index (χ2v) is 11.9. The molecule has 0 aliphatic rings. The van der Waals surface area contributed by atoms with E-state index in [0.29, 0.717) is 6.01 Å². The van der Waals surface area contributed by atoms with Crippen molar-refractivity contribution in [3.8, 4) is 11.7 Å². The first-order chi connectivity index (χ1) is 20.8. The van der Waals surface area contributed by atoms with Gasteiger partial charge in [0, 0.05) is 47.4 Å². The highest BCUT2D eigenvalue weighted by Crippen LogP contribution is 2.41. The number of hydrogen-bond donors (Lipinski definition) is 0. The van der Waals surface area contributed by atoms with E-state index in [9.17, 15) is 0 Å². The Kier molecular flexibility index (Phi) is 4.30. The van der Waals surface area contributed by atoms with Crippen LogP contribution in [0.1, 0.15) is 0 Å². The zero-order valence-corrected chi connectivity index (χ0v) is 23.1. The summed E-state index contributed by atoms with van der Waals surface area (Å²) in [6.07, 6.45) is 0. The van der Waals surface area contributed by atoms with E-state index in [0.717, 1.165) is 33.2 Å². The van der Waals surface area contributed by atoms with Gasteiger partial charge >= 0.3 is 6.01 Å². The molecule has 10 rings (SSSR count). The lowest BCUT2D eigenvalue weighted by atomic mass is 10.1. The van der Waals surface area contributed by atoms with Gasteiger partial charge in [0.25, 0.3) is 0 Å². The fourth-order valence-electron chi connectivity index (χ4n) is 6.78. The van der Waals surface area contributed by atoms with Gasteiger partial charge in [-0.15, -0.1) is 11.3 Å². The van der Waals surface area contributed by atoms with Crippen LogP contribution in [0.4, 0.5) is 0 Å². The number of aromatic nitrogens is 3. The zero-order chi connectivity index (χ0) is 27.4. The molecule has 0 saturated heterocycles. The fraction of sp³-hybridized carbons (Fsp3) is 0. The van der Waals surface area contributed by atoms with Crippen molar-refractivity contribution in [1.29, 1.82) is 0 Å². The molecule has 0 amide bonds. The zero-order valence-electron chi connectivity index (χ0n) is 22.3. The lowest BCUT2D eigenvalue weighted by Gasteiger charge is -2.09. The predicted octanol–water partition coefficient (Wildman–Crippen LogP) is 10.4. The third-order valence-electron chi connectivity index (χ3n) is 8.57. The smallest absolute Gasteiger partial charge is 0.307 e. The van der Waals surface area contributed by atoms with Crippen LogP contribution >= 0.6 is 11.3 Å². The summed E-state index contributed by atoms with van der Waals surface area (Å²) in [5.41, 5.74) is 7.32. The second-order valence-electron chi connectivity index (χ2n) is 10.8. The minimum Gasteiger partial charge on any atom is -0.422 e. The molecule has 0 bridgehead atoms. The summed E-state index contributed by atoms with van der Waals surface area (Å²) in [5, 5.41) is 7.19. The van der Waals surface area contributed by atoms with Crippen LogP contribution in [0.5, 0.6) is 0 Å². The van der Waals surface area contributed by atoms with Gasteiger partial charge in [-0.1, -0.05) is 78.9 Å². The summed E-state index contributed by atoms with van der Waals surface area (Å²) in [4.78, 5) is 5.08. The number of rotatable bonds is 2. The average molecular weight is 556 g/mol. The number of fused-ring (bicyclic) bond motifs is 11. The van der Waals surface area contributed by atoms with Crippen LogP contribution in [0.15, 0.2) is 132 Å². The molecule has 0 N–H and O–H groups in total. The van der Waals surface area contributed by atoms with Gasteiger partial charge in [-0.25, -0.2) is 0 Å². The molecule has 10 aromatic rings. The van der Waals surface area contributed by atoms with Gasteiger partial charge in [0.05, 0.1) is 22.1 Å². The van der Waals surface area contributed by atoms with E-state index >= 15 is 0 Å². The van der Waals surface area contributed by atoms with Crippen molar-refractivity contribution in [3.05, 3.63) is 127 Å². The molecule has 5 heteroatoms. The predicted molar refractivity (Wildman–Crippen MR) is 176 cm³/mol. The largest absolute Gasteiger partial charge is 0.422 e. The minimum absolute atomic E-state index is 0.582. The number of nitrogens with zero attached hydrogens (tertiary/aromatic N) is 3. The molecule has 42 heavy (non-hydrogen) atoms. The number of hydrogen-bond acceptors (Lipinski definition) is 3. The monoisotopic (exact) mass is 555 g/mol. The lowest BCUT2D eigenvalue weighted by molar-refractivity contribution is 0.577. The SMILES string of the molecule is c1ccc2c(c1)sc1ccc3nc(-n4c5ccccc5c5ccc(-n6c7ccccc7c7ccccc76)cc54)oc3c12. The van der Waals surface area contributed by atoms with Gasteiger partial charge in [0.15, 0.2) is 5.58 Å². The molecule has 196 valence electrons. The van der Waals surface area contributed by atoms with Crippen LogP contribution < -0.4 is 0 Å². The van der Waals surface area contributed by atoms with Crippen molar-refractivity contribution in [2.24, 2.45) is 0 Å². The molecule has 0 atom stereocenters. The molecule has 4 nitrogen and oxygen atoms in total. The molecule has 0 spiro atoms. The van der Waals surface area contributed by atoms with Crippen molar-refractivity contribution < 1.29 is 4.42 Å². The van der Waals surface area contributed by atoms with Gasteiger partial charge in [0.1, 0.15) is 5.52 Å². The maximum absolute atomic E-state index is 6.73. The van der Waals surface area contributed by atoms with E-state index in [1.807, 2.05) is 0 Å². The summed E-state index contributed by atoms with van der Waals surface area (Å²) in [5.74, 6) is 0. The Hall–Kier alpha value is -5.39. The van der Waals surface area contributed by atoms with Crippen LogP contribution in [0.2, 0.25) is 0 Å². The molecule has 0 aliphatic heterocycles. The number of thiophene rings is 1. The first-order valence-electron chi connectivity index (χ1n) is 14.1. The normalized spacial score (nSPS) is 12.3. The highest BCUT2D eigenvalue weighted by atomic mass is 32.1. The fourth-order valence-corrected chi connectivity index (χ4v) is 7.89. The van der Waals surface area contributed by atoms with Crippen molar-refractivity contribution in [2.75, 3.05) is 0 Å². The Bertz CT molecular complexity index is 2650. The third kappa shape index (κ3) is 2.88. The first-order valence-corrected chi connectivity index (χ1v) is 14.9. The Morgan fingerprint density at radius 3 is 1.81 bits per heavy atom. The number of para-hydroxylation sites is 3. The van der Waals surface area contributed by atoms with E-state index < -0.39 is 0 Å². The highest BCUT2D eigenvalue weighted by molar-refractivity contribution is 7.26. The summed E-state index contributed by atoms with van der Waals surface area (Å²) in [6.45, 7) is 0. The molecule has 0 fully saturated rings. The van der Waals surface area contributed by atoms with Gasteiger partial charge in [-0.2, -0.15) is 4.98 Å². The Morgan fingerprint density at radius 1 is 0.500 bits per heavy atom. The molecular formula is C37H21N3OS. The molecule has 0 saturated carbocycles. The maximum Gasteiger partial charge on any atom is 0.307 e. The maximum atomic E-state index is 6.73. The topological polar surface area (TPSA) is 35.9 Å². The third-order valence-corrected chi connectivity index (χ3v) is 9.71. The van der Waals surface area contributed by atoms with Crippen molar-refractivity contribution in [2.45, 2.75) is 0 Å². The Balaban J connectivity index is 1.30. The summed E-state index contributed by atoms with van der Waals surface area (Å²) < 4.78 is 13.7. The van der Waals surface area contributed by atoms with Gasteiger partial charge in [0.2, 0.25) is 0 Å². The van der Waals surface area contributed by atoms with E-state index in [2.05, 4.69) is 137 Å². The van der Waals surface area contributed by atoms with Crippen LogP contribution in [0.3, 0.4) is 0 Å². The van der Waals surface area contributed by atoms with Crippen LogP contribution in [-0.2, 0) is 0 Å². The van der Waals surface area contributed by atoms with Crippen molar-refractivity contribution >= 4 is 86.2 Å². The quantitative estimate of drug-likeness (QED) is 0.213. The standard InChI is InChI=1S/C37H21N3OS/c1-5-13-29-23(9-1)24-10-2-6-14-30(24)39(29)22-17-18-26-25-11-3-7-15-31(25)40(32(26)21-22)37-38-28-19-20-34-35(36(28)41-37)27-12-4-8-16-33(27)42-34/h1-21H. The summed E-state index contributed by atoms with van der Waals surface area (Å²) in [6, 6.07) is 45.9. The summed E-state index contributed by atoms with van der Waals surface area (Å²) >= 11 is 1.79. The Labute approximate surface area is 243 Å². The molecule has 4 aromatic heterocycles. The highest BCUT2D eigenvalue weighted by Gasteiger charge is 2.20. The van der Waals surface area contributed by atoms with E-state index in [4.69, 9.17) is 9.40 Å². The van der Waals surface area contributed by atoms with Crippen molar-refractivity contribution in [1.82, 2.24) is 14.1 Å². The van der Waals surface area contributed by atoms with E-state index in [1.165, 1.54) is 47.4 Å². The Morgan fingerprint density at radius 2 is 1.10 bits per heavy atom.